The van der Waals surface area contributed by atoms with E-state index in [9.17, 15) is 9.59 Å². The second-order valence-corrected chi connectivity index (χ2v) is 6.97. The summed E-state index contributed by atoms with van der Waals surface area (Å²) in [5, 5.41) is 5.97. The van der Waals surface area contributed by atoms with Gasteiger partial charge >= 0.3 is 0 Å². The molecule has 0 bridgehead atoms. The first-order chi connectivity index (χ1) is 12.0. The van der Waals surface area contributed by atoms with Gasteiger partial charge in [0.05, 0.1) is 10.6 Å². The molecule has 1 unspecified atom stereocenters. The van der Waals surface area contributed by atoms with Crippen LogP contribution < -0.4 is 10.6 Å². The number of carbonyl (C=O) groups is 2. The van der Waals surface area contributed by atoms with Crippen LogP contribution in [0.25, 0.3) is 0 Å². The number of anilines is 2. The normalized spacial score (nSPS) is 16.5. The molecule has 130 valence electrons. The molecule has 0 spiro atoms. The number of rotatable bonds is 4. The highest BCUT2D eigenvalue weighted by molar-refractivity contribution is 9.10. The minimum atomic E-state index is -0.377. The van der Waals surface area contributed by atoms with Crippen LogP contribution in [0.3, 0.4) is 0 Å². The first-order valence-electron chi connectivity index (χ1n) is 7.82. The van der Waals surface area contributed by atoms with Gasteiger partial charge in [-0.3, -0.25) is 9.59 Å². The summed E-state index contributed by atoms with van der Waals surface area (Å²) >= 11 is 9.38. The predicted molar refractivity (Wildman–Crippen MR) is 101 cm³/mol. The number of benzene rings is 2. The van der Waals surface area contributed by atoms with Crippen molar-refractivity contribution in [3.05, 3.63) is 57.5 Å². The maximum atomic E-state index is 12.3. The molecule has 1 aliphatic rings. The van der Waals surface area contributed by atoms with Gasteiger partial charge in [0, 0.05) is 22.5 Å². The van der Waals surface area contributed by atoms with Crippen molar-refractivity contribution < 1.29 is 14.3 Å². The summed E-state index contributed by atoms with van der Waals surface area (Å²) in [6, 6.07) is 12.0. The molecule has 0 aliphatic carbocycles. The Kier molecular flexibility index (Phi) is 5.73. The smallest absolute Gasteiger partial charge is 0.257 e. The number of amides is 2. The van der Waals surface area contributed by atoms with E-state index >= 15 is 0 Å². The van der Waals surface area contributed by atoms with E-state index in [1.54, 1.807) is 42.5 Å². The van der Waals surface area contributed by atoms with Gasteiger partial charge in [-0.2, -0.15) is 0 Å². The molecule has 1 saturated heterocycles. The SMILES string of the molecule is O=C(Nc1ccc(NC(=O)C2CCCO2)cc1)c1cc(Br)ccc1Cl. The Bertz CT molecular complexity index is 789. The van der Waals surface area contributed by atoms with E-state index in [-0.39, 0.29) is 17.9 Å². The van der Waals surface area contributed by atoms with E-state index in [0.29, 0.717) is 28.6 Å². The summed E-state index contributed by atoms with van der Waals surface area (Å²) in [5.74, 6) is -0.447. The van der Waals surface area contributed by atoms with Crippen LogP contribution in [0.4, 0.5) is 11.4 Å². The third-order valence-electron chi connectivity index (χ3n) is 3.81. The number of hydrogen-bond acceptors (Lipinski definition) is 3. The molecule has 5 nitrogen and oxygen atoms in total. The quantitative estimate of drug-likeness (QED) is 0.762. The van der Waals surface area contributed by atoms with Crippen molar-refractivity contribution in [1.29, 1.82) is 0 Å². The summed E-state index contributed by atoms with van der Waals surface area (Å²) < 4.78 is 6.12. The summed E-state index contributed by atoms with van der Waals surface area (Å²) in [7, 11) is 0. The topological polar surface area (TPSA) is 67.4 Å². The fraction of sp³-hybridized carbons (Fsp3) is 0.222. The molecule has 0 saturated carbocycles. The predicted octanol–water partition coefficient (Wildman–Crippen LogP) is 4.47. The zero-order valence-corrected chi connectivity index (χ0v) is 15.6. The molecule has 0 radical (unpaired) electrons. The largest absolute Gasteiger partial charge is 0.368 e. The van der Waals surface area contributed by atoms with Crippen LogP contribution in [0.1, 0.15) is 23.2 Å². The molecular formula is C18H16BrClN2O3. The zero-order chi connectivity index (χ0) is 17.8. The van der Waals surface area contributed by atoms with Gasteiger partial charge in [0.1, 0.15) is 6.10 Å². The number of carbonyl (C=O) groups excluding carboxylic acids is 2. The van der Waals surface area contributed by atoms with Gasteiger partial charge in [0.25, 0.3) is 11.8 Å². The fourth-order valence-corrected chi connectivity index (χ4v) is 3.08. The molecule has 7 heteroatoms. The van der Waals surface area contributed by atoms with Gasteiger partial charge in [0.15, 0.2) is 0 Å². The Balaban J connectivity index is 1.63. The first kappa shape index (κ1) is 17.9. The second kappa shape index (κ2) is 7.99. The van der Waals surface area contributed by atoms with Crippen molar-refractivity contribution in [1.82, 2.24) is 0 Å². The highest BCUT2D eigenvalue weighted by Gasteiger charge is 2.23. The lowest BCUT2D eigenvalue weighted by Gasteiger charge is -2.11. The number of nitrogens with one attached hydrogen (secondary N) is 2. The molecule has 3 rings (SSSR count). The molecule has 1 heterocycles. The highest BCUT2D eigenvalue weighted by atomic mass is 79.9. The molecular weight excluding hydrogens is 408 g/mol. The van der Waals surface area contributed by atoms with Crippen LogP contribution in [0.15, 0.2) is 46.9 Å². The molecule has 1 aliphatic heterocycles. The lowest BCUT2D eigenvalue weighted by atomic mass is 10.2. The van der Waals surface area contributed by atoms with E-state index in [1.165, 1.54) is 0 Å². The maximum Gasteiger partial charge on any atom is 0.257 e. The van der Waals surface area contributed by atoms with E-state index in [1.807, 2.05) is 0 Å². The van der Waals surface area contributed by atoms with Gasteiger partial charge < -0.3 is 15.4 Å². The van der Waals surface area contributed by atoms with Crippen molar-refractivity contribution in [3.63, 3.8) is 0 Å². The molecule has 0 aromatic heterocycles. The number of hydrogen-bond donors (Lipinski definition) is 2. The van der Waals surface area contributed by atoms with Crippen molar-refractivity contribution in [3.8, 4) is 0 Å². The van der Waals surface area contributed by atoms with Gasteiger partial charge in [0.2, 0.25) is 0 Å². The van der Waals surface area contributed by atoms with Crippen LogP contribution in [0, 0.1) is 0 Å². The van der Waals surface area contributed by atoms with Crippen molar-refractivity contribution in [2.45, 2.75) is 18.9 Å². The molecule has 2 aromatic carbocycles. The lowest BCUT2D eigenvalue weighted by molar-refractivity contribution is -0.124. The summed E-state index contributed by atoms with van der Waals surface area (Å²) in [6.07, 6.45) is 1.27. The Labute approximate surface area is 158 Å². The van der Waals surface area contributed by atoms with Crippen molar-refractivity contribution in [2.75, 3.05) is 17.2 Å². The van der Waals surface area contributed by atoms with Crippen molar-refractivity contribution >= 4 is 50.7 Å². The van der Waals surface area contributed by atoms with Crippen molar-refractivity contribution in [2.24, 2.45) is 0 Å². The summed E-state index contributed by atoms with van der Waals surface area (Å²) in [4.78, 5) is 24.3. The highest BCUT2D eigenvalue weighted by Crippen LogP contribution is 2.23. The summed E-state index contributed by atoms with van der Waals surface area (Å²) in [5.41, 5.74) is 1.64. The third-order valence-corrected chi connectivity index (χ3v) is 4.63. The van der Waals surface area contributed by atoms with E-state index in [0.717, 1.165) is 17.3 Å². The lowest BCUT2D eigenvalue weighted by Crippen LogP contribution is -2.26. The Morgan fingerprint density at radius 1 is 1.08 bits per heavy atom. The minimum Gasteiger partial charge on any atom is -0.368 e. The average molecular weight is 424 g/mol. The maximum absolute atomic E-state index is 12.3. The first-order valence-corrected chi connectivity index (χ1v) is 8.99. The molecule has 2 amide bonds. The number of halogens is 2. The van der Waals surface area contributed by atoms with Gasteiger partial charge in [-0.05, 0) is 55.3 Å². The fourth-order valence-electron chi connectivity index (χ4n) is 2.51. The molecule has 25 heavy (non-hydrogen) atoms. The minimum absolute atomic E-state index is 0.143. The van der Waals surface area contributed by atoms with Crippen LogP contribution in [-0.4, -0.2) is 24.5 Å². The van der Waals surface area contributed by atoms with Gasteiger partial charge in [-0.25, -0.2) is 0 Å². The van der Waals surface area contributed by atoms with E-state index in [4.69, 9.17) is 16.3 Å². The van der Waals surface area contributed by atoms with E-state index < -0.39 is 0 Å². The monoisotopic (exact) mass is 422 g/mol. The van der Waals surface area contributed by atoms with Gasteiger partial charge in [-0.15, -0.1) is 0 Å². The van der Waals surface area contributed by atoms with E-state index in [2.05, 4.69) is 26.6 Å². The zero-order valence-electron chi connectivity index (χ0n) is 13.2. The molecule has 1 fully saturated rings. The second-order valence-electron chi connectivity index (χ2n) is 5.65. The molecule has 2 aromatic rings. The Hall–Kier alpha value is -1.89. The standard InChI is InChI=1S/C18H16BrClN2O3/c19-11-3-8-15(20)14(10-11)17(23)21-12-4-6-13(7-5-12)22-18(24)16-2-1-9-25-16/h3-8,10,16H,1-2,9H2,(H,21,23)(H,22,24). The van der Waals surface area contributed by atoms with Crippen LogP contribution in [0.5, 0.6) is 0 Å². The molecule has 1 atom stereocenters. The molecule has 2 N–H and O–H groups in total. The van der Waals surface area contributed by atoms with Gasteiger partial charge in [-0.1, -0.05) is 27.5 Å². The number of ether oxygens (including phenoxy) is 1. The third kappa shape index (κ3) is 4.60. The van der Waals surface area contributed by atoms with Crippen LogP contribution >= 0.6 is 27.5 Å². The average Bonchev–Trinajstić information content (AvgIpc) is 3.13. The Morgan fingerprint density at radius 2 is 1.76 bits per heavy atom. The van der Waals surface area contributed by atoms with Crippen LogP contribution in [0.2, 0.25) is 5.02 Å². The Morgan fingerprint density at radius 3 is 2.40 bits per heavy atom. The van der Waals surface area contributed by atoms with Crippen LogP contribution in [-0.2, 0) is 9.53 Å². The summed E-state index contributed by atoms with van der Waals surface area (Å²) in [6.45, 7) is 0.626.